The molecule has 2 rings (SSSR count). The Hall–Kier alpha value is -2.82. The highest BCUT2D eigenvalue weighted by Crippen LogP contribution is 2.42. The van der Waals surface area contributed by atoms with E-state index in [4.69, 9.17) is 9.47 Å². The van der Waals surface area contributed by atoms with E-state index < -0.39 is 6.09 Å². The molecule has 25 heavy (non-hydrogen) atoms. The molecule has 0 unspecified atom stereocenters. The third-order valence-electron chi connectivity index (χ3n) is 3.91. The number of amides is 1. The summed E-state index contributed by atoms with van der Waals surface area (Å²) in [5.41, 5.74) is 3.15. The van der Waals surface area contributed by atoms with Crippen molar-refractivity contribution in [3.63, 3.8) is 0 Å². The van der Waals surface area contributed by atoms with Gasteiger partial charge in [-0.1, -0.05) is 43.0 Å². The first-order valence-electron chi connectivity index (χ1n) is 8.18. The van der Waals surface area contributed by atoms with Crippen molar-refractivity contribution in [2.24, 2.45) is 0 Å². The van der Waals surface area contributed by atoms with Crippen LogP contribution in [0.15, 0.2) is 60.8 Å². The summed E-state index contributed by atoms with van der Waals surface area (Å²) in [7, 11) is 0. The third-order valence-corrected chi connectivity index (χ3v) is 3.91. The zero-order valence-electron chi connectivity index (χ0n) is 14.7. The van der Waals surface area contributed by atoms with Crippen molar-refractivity contribution in [3.05, 3.63) is 66.4 Å². The van der Waals surface area contributed by atoms with Crippen LogP contribution in [-0.4, -0.2) is 25.3 Å². The van der Waals surface area contributed by atoms with E-state index in [1.807, 2.05) is 31.2 Å². The van der Waals surface area contributed by atoms with Gasteiger partial charge in [-0.15, -0.1) is 0 Å². The second kappa shape index (κ2) is 8.33. The van der Waals surface area contributed by atoms with Crippen molar-refractivity contribution < 1.29 is 19.1 Å². The maximum atomic E-state index is 12.4. The van der Waals surface area contributed by atoms with Crippen LogP contribution in [-0.2, 0) is 14.3 Å². The molecular formula is C20H23NO4. The Balaban J connectivity index is 2.45. The molecule has 1 heterocycles. The minimum Gasteiger partial charge on any atom is -0.466 e. The summed E-state index contributed by atoms with van der Waals surface area (Å²) in [6, 6.07) is 7.45. The number of carbonyl (C=O) groups is 2. The molecule has 0 fully saturated rings. The number of hydrogen-bond donors (Lipinski definition) is 0. The Bertz CT molecular complexity index is 720. The summed E-state index contributed by atoms with van der Waals surface area (Å²) in [6.07, 6.45) is 2.90. The van der Waals surface area contributed by atoms with E-state index in [0.29, 0.717) is 12.3 Å². The minimum absolute atomic E-state index is 0.125. The number of allylic oxidation sites excluding steroid dienone is 2. The summed E-state index contributed by atoms with van der Waals surface area (Å²) in [5.74, 6) is -0.492. The van der Waals surface area contributed by atoms with Gasteiger partial charge < -0.3 is 9.47 Å². The number of ether oxygens (including phenoxy) is 2. The maximum absolute atomic E-state index is 12.4. The Morgan fingerprint density at radius 1 is 1.28 bits per heavy atom. The van der Waals surface area contributed by atoms with Crippen LogP contribution >= 0.6 is 0 Å². The van der Waals surface area contributed by atoms with Gasteiger partial charge in [0.1, 0.15) is 6.61 Å². The number of rotatable bonds is 6. The molecule has 1 aromatic rings. The fourth-order valence-corrected chi connectivity index (χ4v) is 2.83. The van der Waals surface area contributed by atoms with E-state index >= 15 is 0 Å². The van der Waals surface area contributed by atoms with Gasteiger partial charge in [0, 0.05) is 12.1 Å². The predicted octanol–water partition coefficient (Wildman–Crippen LogP) is 4.33. The van der Waals surface area contributed by atoms with Crippen LogP contribution in [0.25, 0.3) is 0 Å². The van der Waals surface area contributed by atoms with Crippen molar-refractivity contribution in [2.75, 3.05) is 18.1 Å². The molecule has 0 spiro atoms. The average molecular weight is 341 g/mol. The first-order chi connectivity index (χ1) is 12.0. The van der Waals surface area contributed by atoms with Crippen LogP contribution in [0, 0.1) is 0 Å². The number of nitrogens with zero attached hydrogens (tertiary/aromatic N) is 1. The molecule has 0 radical (unpaired) electrons. The summed E-state index contributed by atoms with van der Waals surface area (Å²) in [5, 5.41) is 0. The largest absolute Gasteiger partial charge is 0.466 e. The van der Waals surface area contributed by atoms with E-state index in [9.17, 15) is 9.59 Å². The van der Waals surface area contributed by atoms with E-state index in [-0.39, 0.29) is 24.9 Å². The van der Waals surface area contributed by atoms with Crippen LogP contribution in [0.2, 0.25) is 0 Å². The molecule has 0 aromatic heterocycles. The predicted molar refractivity (Wildman–Crippen MR) is 97.4 cm³/mol. The van der Waals surface area contributed by atoms with Gasteiger partial charge in [0.25, 0.3) is 0 Å². The summed E-state index contributed by atoms with van der Waals surface area (Å²) in [6.45, 7) is 11.6. The molecule has 5 heteroatoms. The van der Waals surface area contributed by atoms with Gasteiger partial charge in [-0.05, 0) is 31.1 Å². The van der Waals surface area contributed by atoms with Crippen LogP contribution in [0.5, 0.6) is 0 Å². The van der Waals surface area contributed by atoms with Gasteiger partial charge in [-0.25, -0.2) is 4.79 Å². The molecule has 0 saturated carbocycles. The van der Waals surface area contributed by atoms with E-state index in [1.165, 1.54) is 11.0 Å². The zero-order valence-corrected chi connectivity index (χ0v) is 14.7. The number of para-hydroxylation sites is 1. The molecule has 0 aliphatic carbocycles. The highest BCUT2D eigenvalue weighted by Gasteiger charge is 2.32. The summed E-state index contributed by atoms with van der Waals surface area (Å²) in [4.78, 5) is 25.9. The molecule has 0 bridgehead atoms. The fraction of sp³-hybridized carbons (Fsp3) is 0.300. The lowest BCUT2D eigenvalue weighted by Crippen LogP contribution is -2.32. The molecule has 0 saturated heterocycles. The van der Waals surface area contributed by atoms with Crippen LogP contribution in [0.4, 0.5) is 10.5 Å². The first-order valence-corrected chi connectivity index (χ1v) is 8.18. The summed E-state index contributed by atoms with van der Waals surface area (Å²) < 4.78 is 10.3. The standard InChI is InChI=1S/C20H23NO4/c1-5-11-25-20(23)21-13-17(14(3)4)16(12-19(22)24-6-2)15-9-7-8-10-18(15)21/h5,7-10,13,16H,1,3,6,11-12H2,2,4H3/t16-/m1/s1. The molecule has 5 nitrogen and oxygen atoms in total. The topological polar surface area (TPSA) is 55.8 Å². The minimum atomic E-state index is -0.499. The Morgan fingerprint density at radius 3 is 2.64 bits per heavy atom. The van der Waals surface area contributed by atoms with Gasteiger partial charge in [-0.3, -0.25) is 9.69 Å². The number of benzene rings is 1. The average Bonchev–Trinajstić information content (AvgIpc) is 2.59. The van der Waals surface area contributed by atoms with Gasteiger partial charge >= 0.3 is 12.1 Å². The molecule has 1 amide bonds. The van der Waals surface area contributed by atoms with E-state index in [1.54, 1.807) is 13.1 Å². The number of esters is 1. The monoisotopic (exact) mass is 341 g/mol. The third kappa shape index (κ3) is 4.18. The molecule has 1 aromatic carbocycles. The van der Waals surface area contributed by atoms with Crippen molar-refractivity contribution >= 4 is 17.7 Å². The number of hydrogen-bond acceptors (Lipinski definition) is 4. The van der Waals surface area contributed by atoms with E-state index in [0.717, 1.165) is 16.7 Å². The molecular weight excluding hydrogens is 318 g/mol. The zero-order chi connectivity index (χ0) is 18.4. The van der Waals surface area contributed by atoms with Crippen molar-refractivity contribution in [3.8, 4) is 0 Å². The lowest BCUT2D eigenvalue weighted by atomic mass is 9.82. The summed E-state index contributed by atoms with van der Waals surface area (Å²) >= 11 is 0. The van der Waals surface area contributed by atoms with Crippen LogP contribution in [0.3, 0.4) is 0 Å². The van der Waals surface area contributed by atoms with E-state index in [2.05, 4.69) is 13.2 Å². The first kappa shape index (κ1) is 18.5. The van der Waals surface area contributed by atoms with Gasteiger partial charge in [0.05, 0.1) is 18.7 Å². The highest BCUT2D eigenvalue weighted by molar-refractivity contribution is 5.93. The molecule has 1 atom stereocenters. The molecule has 0 N–H and O–H groups in total. The van der Waals surface area contributed by atoms with Crippen molar-refractivity contribution in [1.82, 2.24) is 0 Å². The maximum Gasteiger partial charge on any atom is 0.418 e. The normalized spacial score (nSPS) is 15.7. The van der Waals surface area contributed by atoms with Gasteiger partial charge in [-0.2, -0.15) is 0 Å². The molecule has 1 aliphatic heterocycles. The highest BCUT2D eigenvalue weighted by atomic mass is 16.6. The number of fused-ring (bicyclic) bond motifs is 1. The smallest absolute Gasteiger partial charge is 0.418 e. The SMILES string of the molecule is C=CCOC(=O)N1C=C(C(=C)C)[C@H](CC(=O)OCC)c2ccccc21. The quantitative estimate of drug-likeness (QED) is 0.571. The second-order valence-electron chi connectivity index (χ2n) is 5.72. The fourth-order valence-electron chi connectivity index (χ4n) is 2.83. The number of anilines is 1. The Morgan fingerprint density at radius 2 is 2.00 bits per heavy atom. The lowest BCUT2D eigenvalue weighted by Gasteiger charge is -2.32. The second-order valence-corrected chi connectivity index (χ2v) is 5.72. The van der Waals surface area contributed by atoms with Crippen LogP contribution < -0.4 is 4.90 Å². The lowest BCUT2D eigenvalue weighted by molar-refractivity contribution is -0.143. The Labute approximate surface area is 148 Å². The van der Waals surface area contributed by atoms with Crippen LogP contribution in [0.1, 0.15) is 31.7 Å². The van der Waals surface area contributed by atoms with Gasteiger partial charge in [0.15, 0.2) is 0 Å². The Kier molecular flexibility index (Phi) is 6.17. The molecule has 1 aliphatic rings. The van der Waals surface area contributed by atoms with Crippen molar-refractivity contribution in [2.45, 2.75) is 26.2 Å². The van der Waals surface area contributed by atoms with Crippen molar-refractivity contribution in [1.29, 1.82) is 0 Å². The molecule has 132 valence electrons. The number of carbonyl (C=O) groups excluding carboxylic acids is 2. The van der Waals surface area contributed by atoms with Gasteiger partial charge in [0.2, 0.25) is 0 Å².